The highest BCUT2D eigenvalue weighted by atomic mass is 32.1. The van der Waals surface area contributed by atoms with Crippen molar-refractivity contribution in [2.75, 3.05) is 12.4 Å². The Morgan fingerprint density at radius 2 is 1.05 bits per heavy atom. The molecule has 1 heterocycles. The molecular formula is C50H51NO8S. The van der Waals surface area contributed by atoms with Crippen LogP contribution in [-0.4, -0.2) is 92.8 Å². The first-order valence-corrected chi connectivity index (χ1v) is 20.4. The molecule has 1 saturated heterocycles. The third-order valence-electron chi connectivity index (χ3n) is 8.45. The van der Waals surface area contributed by atoms with Crippen molar-refractivity contribution >= 4 is 18.5 Å². The maximum absolute atomic E-state index is 12.8. The molecule has 0 aliphatic carbocycles. The summed E-state index contributed by atoms with van der Waals surface area (Å²) in [4.78, 5) is 12.8. The fraction of sp³-hybridized carbons (Fsp3) is 0.500. The van der Waals surface area contributed by atoms with Gasteiger partial charge in [-0.2, -0.15) is 12.6 Å². The third-order valence-corrected chi connectivity index (χ3v) is 8.81. The van der Waals surface area contributed by atoms with Crippen molar-refractivity contribution in [3.05, 3.63) is 0 Å². The van der Waals surface area contributed by atoms with Crippen LogP contribution in [0.2, 0.25) is 0 Å². The van der Waals surface area contributed by atoms with Crippen molar-refractivity contribution in [3.63, 3.8) is 0 Å². The van der Waals surface area contributed by atoms with Gasteiger partial charge in [-0.05, 0) is 101 Å². The van der Waals surface area contributed by atoms with E-state index in [0.29, 0.717) is 12.8 Å². The lowest BCUT2D eigenvalue weighted by Crippen LogP contribution is -2.60. The quantitative estimate of drug-likeness (QED) is 0.0530. The van der Waals surface area contributed by atoms with Gasteiger partial charge in [-0.3, -0.25) is 4.79 Å². The number of hydrogen-bond acceptors (Lipinski definition) is 9. The number of amides is 1. The van der Waals surface area contributed by atoms with Crippen LogP contribution in [0, 0.1) is 143 Å². The number of carbonyl (C=O) groups excluding carboxylic acids is 1. The summed E-state index contributed by atoms with van der Waals surface area (Å²) < 4.78 is 11.2. The molecule has 1 aliphatic heterocycles. The van der Waals surface area contributed by atoms with Crippen molar-refractivity contribution in [3.8, 4) is 143 Å². The van der Waals surface area contributed by atoms with Gasteiger partial charge in [-0.1, -0.05) is 89.9 Å². The largest absolute Gasteiger partial charge is 0.390 e. The van der Waals surface area contributed by atoms with Crippen LogP contribution in [0.3, 0.4) is 0 Å². The predicted octanol–water partition coefficient (Wildman–Crippen LogP) is 2.10. The standard InChI is InChI=1S/C50H51NO8S/c1-3-5-7-9-11-13-15-17-18-19-20-21-22-23-24-25-26-27-29-31-33-35-37-39-45(53)51-42(40-58-50-49(57)48(56)47(55)44(41-60)59-50)46(54)43(52)38-36-34-32-30-28-16-14-12-10-8-6-4-2/h1,42-44,46-50,52,54-57,60H,4,6,8,10,12,14,16,28,30,32,34,36,38-41H2,2H3,(H,51,53)/t42-,43+,44?,46-,47-,48-,49?,50-/m0/s1. The van der Waals surface area contributed by atoms with Gasteiger partial charge in [0.15, 0.2) is 6.29 Å². The molecule has 2 unspecified atom stereocenters. The summed E-state index contributed by atoms with van der Waals surface area (Å²) in [6.45, 7) is 1.82. The second-order valence-corrected chi connectivity index (χ2v) is 13.4. The van der Waals surface area contributed by atoms with E-state index in [1.165, 1.54) is 51.4 Å². The van der Waals surface area contributed by atoms with E-state index < -0.39 is 61.5 Å². The minimum atomic E-state index is -1.61. The topological polar surface area (TPSA) is 149 Å². The Morgan fingerprint density at radius 3 is 1.48 bits per heavy atom. The minimum Gasteiger partial charge on any atom is -0.390 e. The highest BCUT2D eigenvalue weighted by Gasteiger charge is 2.44. The molecule has 1 fully saturated rings. The van der Waals surface area contributed by atoms with Crippen molar-refractivity contribution < 1.29 is 39.8 Å². The molecule has 0 aromatic rings. The summed E-state index contributed by atoms with van der Waals surface area (Å²) in [7, 11) is 0. The number of terminal acetylenes is 1. The minimum absolute atomic E-state index is 0.0351. The van der Waals surface area contributed by atoms with Gasteiger partial charge in [0.25, 0.3) is 0 Å². The number of rotatable bonds is 21. The van der Waals surface area contributed by atoms with Crippen molar-refractivity contribution in [1.82, 2.24) is 5.32 Å². The Kier molecular flexibility index (Phi) is 31.7. The Bertz CT molecular complexity index is 2110. The molecule has 0 spiro atoms. The van der Waals surface area contributed by atoms with Crippen LogP contribution in [0.25, 0.3) is 0 Å². The summed E-state index contributed by atoms with van der Waals surface area (Å²) in [5.74, 6) is 56.0. The Labute approximate surface area is 363 Å². The highest BCUT2D eigenvalue weighted by Crippen LogP contribution is 2.23. The normalized spacial score (nSPS) is 17.9. The van der Waals surface area contributed by atoms with E-state index in [-0.39, 0.29) is 12.2 Å². The lowest BCUT2D eigenvalue weighted by molar-refractivity contribution is -0.294. The van der Waals surface area contributed by atoms with Gasteiger partial charge in [-0.15, -0.1) is 6.42 Å². The molecule has 0 aromatic carbocycles. The molecule has 310 valence electrons. The van der Waals surface area contributed by atoms with E-state index in [0.717, 1.165) is 19.3 Å². The number of ether oxygens (including phenoxy) is 2. The zero-order chi connectivity index (χ0) is 43.9. The second-order valence-electron chi connectivity index (χ2n) is 13.1. The maximum atomic E-state index is 12.8. The highest BCUT2D eigenvalue weighted by molar-refractivity contribution is 7.80. The van der Waals surface area contributed by atoms with Gasteiger partial charge in [0, 0.05) is 41.3 Å². The number of nitrogens with one attached hydrogen (secondary N) is 1. The second kappa shape index (κ2) is 36.3. The predicted molar refractivity (Wildman–Crippen MR) is 235 cm³/mol. The fourth-order valence-electron chi connectivity index (χ4n) is 5.32. The molecule has 9 nitrogen and oxygen atoms in total. The van der Waals surface area contributed by atoms with Gasteiger partial charge in [-0.25, -0.2) is 0 Å². The molecular weight excluding hydrogens is 775 g/mol. The van der Waals surface area contributed by atoms with Crippen LogP contribution >= 0.6 is 12.6 Å². The molecule has 60 heavy (non-hydrogen) atoms. The van der Waals surface area contributed by atoms with Crippen LogP contribution in [0.5, 0.6) is 0 Å². The van der Waals surface area contributed by atoms with Gasteiger partial charge >= 0.3 is 0 Å². The van der Waals surface area contributed by atoms with Gasteiger partial charge < -0.3 is 40.3 Å². The van der Waals surface area contributed by atoms with Gasteiger partial charge in [0.1, 0.15) is 24.4 Å². The number of aliphatic hydroxyl groups is 5. The molecule has 8 atom stereocenters. The van der Waals surface area contributed by atoms with Crippen molar-refractivity contribution in [2.45, 2.75) is 146 Å². The molecule has 0 bridgehead atoms. The molecule has 1 rings (SSSR count). The molecule has 0 aromatic heterocycles. The fourth-order valence-corrected chi connectivity index (χ4v) is 5.62. The van der Waals surface area contributed by atoms with Crippen molar-refractivity contribution in [1.29, 1.82) is 0 Å². The van der Waals surface area contributed by atoms with Crippen LogP contribution in [0.4, 0.5) is 0 Å². The van der Waals surface area contributed by atoms with E-state index >= 15 is 0 Å². The number of unbranched alkanes of at least 4 members (excludes halogenated alkanes) is 11. The average Bonchev–Trinajstić information content (AvgIpc) is 3.25. The van der Waals surface area contributed by atoms with Gasteiger partial charge in [0.2, 0.25) is 5.91 Å². The SMILES string of the molecule is C#CC#CC#CC#CC#CC#CC#CC#CC#CC#CC#CC#CCC(=O)N[C@@H](CO[C@H]1OC(CS)[C@H](O)[C@H](O)C1O)[C@H](O)[C@H](O)CCCCCCCCCCCCCC. The van der Waals surface area contributed by atoms with E-state index in [2.05, 4.69) is 161 Å². The van der Waals surface area contributed by atoms with Crippen LogP contribution in [0.15, 0.2) is 0 Å². The number of hydrogen-bond donors (Lipinski definition) is 7. The molecule has 0 radical (unpaired) electrons. The first-order chi connectivity index (χ1) is 29.3. The maximum Gasteiger partial charge on any atom is 0.232 e. The lowest BCUT2D eigenvalue weighted by Gasteiger charge is -2.40. The molecule has 1 aliphatic rings. The summed E-state index contributed by atoms with van der Waals surface area (Å²) in [5.41, 5.74) is 0. The molecule has 10 heteroatoms. The number of carbonyl (C=O) groups is 1. The van der Waals surface area contributed by atoms with Crippen LogP contribution in [0.1, 0.15) is 96.8 Å². The monoisotopic (exact) mass is 825 g/mol. The van der Waals surface area contributed by atoms with E-state index in [9.17, 15) is 30.3 Å². The summed E-state index contributed by atoms with van der Waals surface area (Å²) in [6, 6.07) is -1.13. The van der Waals surface area contributed by atoms with E-state index in [4.69, 9.17) is 15.9 Å². The summed E-state index contributed by atoms with van der Waals surface area (Å²) in [5, 5.41) is 55.4. The Balaban J connectivity index is 2.69. The summed E-state index contributed by atoms with van der Waals surface area (Å²) in [6.07, 6.45) is 9.33. The first-order valence-electron chi connectivity index (χ1n) is 19.8. The summed E-state index contributed by atoms with van der Waals surface area (Å²) >= 11 is 4.11. The van der Waals surface area contributed by atoms with Crippen molar-refractivity contribution in [2.24, 2.45) is 0 Å². The third kappa shape index (κ3) is 26.3. The zero-order valence-corrected chi connectivity index (χ0v) is 34.8. The van der Waals surface area contributed by atoms with Gasteiger partial charge in [0.05, 0.1) is 31.3 Å². The Morgan fingerprint density at radius 1 is 0.633 bits per heavy atom. The van der Waals surface area contributed by atoms with E-state index in [1.54, 1.807) is 0 Å². The molecule has 0 saturated carbocycles. The average molecular weight is 826 g/mol. The zero-order valence-electron chi connectivity index (χ0n) is 33.9. The number of aliphatic hydroxyl groups excluding tert-OH is 5. The van der Waals surface area contributed by atoms with Crippen LogP contribution < -0.4 is 5.32 Å². The Hall–Kier alpha value is -5.74. The molecule has 1 amide bonds. The lowest BCUT2D eigenvalue weighted by atomic mass is 9.98. The smallest absolute Gasteiger partial charge is 0.232 e. The number of thiol groups is 1. The first kappa shape index (κ1) is 52.3. The van der Waals surface area contributed by atoms with Crippen LogP contribution in [-0.2, 0) is 14.3 Å². The van der Waals surface area contributed by atoms with E-state index in [1.807, 2.05) is 0 Å². The molecule has 6 N–H and O–H groups in total.